The standard InChI is InChI=1S/C13H13FN2OS/c1-9-8-16-12(18-9)5-6-15-13(17)10-3-2-4-11(14)7-10/h2-4,7-8H,5-6H2,1H3,(H,15,17). The molecule has 0 aliphatic carbocycles. The predicted molar refractivity (Wildman–Crippen MR) is 69.3 cm³/mol. The highest BCUT2D eigenvalue weighted by atomic mass is 32.1. The Hall–Kier alpha value is -1.75. The van der Waals surface area contributed by atoms with E-state index in [-0.39, 0.29) is 5.91 Å². The number of aromatic nitrogens is 1. The molecule has 0 spiro atoms. The minimum Gasteiger partial charge on any atom is -0.352 e. The van der Waals surface area contributed by atoms with Crippen LogP contribution < -0.4 is 5.32 Å². The molecule has 2 aromatic rings. The van der Waals surface area contributed by atoms with E-state index < -0.39 is 5.82 Å². The Morgan fingerprint density at radius 1 is 1.50 bits per heavy atom. The van der Waals surface area contributed by atoms with E-state index in [1.807, 2.05) is 13.1 Å². The molecule has 0 unspecified atom stereocenters. The van der Waals surface area contributed by atoms with E-state index in [4.69, 9.17) is 0 Å². The second-order valence-electron chi connectivity index (χ2n) is 3.88. The number of hydrogen-bond donors (Lipinski definition) is 1. The molecule has 1 aromatic heterocycles. The van der Waals surface area contributed by atoms with Gasteiger partial charge in [-0.1, -0.05) is 6.07 Å². The van der Waals surface area contributed by atoms with Crippen LogP contribution in [-0.2, 0) is 6.42 Å². The van der Waals surface area contributed by atoms with Gasteiger partial charge in [-0.2, -0.15) is 0 Å². The van der Waals surface area contributed by atoms with Crippen molar-refractivity contribution in [3.05, 3.63) is 51.7 Å². The first kappa shape index (κ1) is 12.7. The minimum absolute atomic E-state index is 0.261. The van der Waals surface area contributed by atoms with Gasteiger partial charge >= 0.3 is 0 Å². The lowest BCUT2D eigenvalue weighted by atomic mass is 10.2. The number of halogens is 1. The zero-order valence-electron chi connectivity index (χ0n) is 9.94. The fourth-order valence-corrected chi connectivity index (χ4v) is 2.32. The van der Waals surface area contributed by atoms with Crippen LogP contribution in [0.25, 0.3) is 0 Å². The number of carbonyl (C=O) groups is 1. The fourth-order valence-electron chi connectivity index (χ4n) is 1.53. The Bertz CT molecular complexity index is 553. The Kier molecular flexibility index (Phi) is 4.04. The molecular formula is C13H13FN2OS. The highest BCUT2D eigenvalue weighted by molar-refractivity contribution is 7.11. The molecule has 94 valence electrons. The smallest absolute Gasteiger partial charge is 0.251 e. The first-order chi connectivity index (χ1) is 8.65. The van der Waals surface area contributed by atoms with Crippen molar-refractivity contribution < 1.29 is 9.18 Å². The van der Waals surface area contributed by atoms with Crippen molar-refractivity contribution in [2.24, 2.45) is 0 Å². The summed E-state index contributed by atoms with van der Waals surface area (Å²) in [7, 11) is 0. The molecule has 1 aromatic carbocycles. The quantitative estimate of drug-likeness (QED) is 0.922. The van der Waals surface area contributed by atoms with E-state index >= 15 is 0 Å². The Morgan fingerprint density at radius 3 is 3.00 bits per heavy atom. The van der Waals surface area contributed by atoms with Gasteiger partial charge in [-0.15, -0.1) is 11.3 Å². The zero-order chi connectivity index (χ0) is 13.0. The molecule has 3 nitrogen and oxygen atoms in total. The highest BCUT2D eigenvalue weighted by Gasteiger charge is 2.06. The van der Waals surface area contributed by atoms with Crippen molar-refractivity contribution in [2.75, 3.05) is 6.54 Å². The van der Waals surface area contributed by atoms with Crippen molar-refractivity contribution in [2.45, 2.75) is 13.3 Å². The highest BCUT2D eigenvalue weighted by Crippen LogP contribution is 2.11. The lowest BCUT2D eigenvalue weighted by molar-refractivity contribution is 0.0953. The third-order valence-electron chi connectivity index (χ3n) is 2.38. The van der Waals surface area contributed by atoms with Crippen LogP contribution in [0, 0.1) is 12.7 Å². The van der Waals surface area contributed by atoms with Gasteiger partial charge in [0.05, 0.1) is 5.01 Å². The van der Waals surface area contributed by atoms with Gasteiger partial charge in [-0.3, -0.25) is 4.79 Å². The molecule has 1 amide bonds. The van der Waals surface area contributed by atoms with Gasteiger partial charge in [-0.05, 0) is 25.1 Å². The molecule has 0 saturated heterocycles. The second-order valence-corrected chi connectivity index (χ2v) is 5.20. The molecule has 0 saturated carbocycles. The molecule has 1 N–H and O–H groups in total. The third-order valence-corrected chi connectivity index (χ3v) is 3.35. The van der Waals surface area contributed by atoms with Crippen molar-refractivity contribution in [3.8, 4) is 0 Å². The maximum absolute atomic E-state index is 12.9. The van der Waals surface area contributed by atoms with Crippen molar-refractivity contribution in [3.63, 3.8) is 0 Å². The maximum Gasteiger partial charge on any atom is 0.251 e. The first-order valence-corrected chi connectivity index (χ1v) is 6.42. The lowest BCUT2D eigenvalue weighted by Gasteiger charge is -2.03. The predicted octanol–water partition coefficient (Wildman–Crippen LogP) is 2.56. The molecule has 18 heavy (non-hydrogen) atoms. The fraction of sp³-hybridized carbons (Fsp3) is 0.231. The zero-order valence-corrected chi connectivity index (χ0v) is 10.8. The number of amides is 1. The number of rotatable bonds is 4. The summed E-state index contributed by atoms with van der Waals surface area (Å²) in [6.45, 7) is 2.49. The average Bonchev–Trinajstić information content (AvgIpc) is 2.75. The number of hydrogen-bond acceptors (Lipinski definition) is 3. The summed E-state index contributed by atoms with van der Waals surface area (Å²) in [5.74, 6) is -0.666. The van der Waals surface area contributed by atoms with E-state index in [1.54, 1.807) is 17.4 Å². The van der Waals surface area contributed by atoms with Crippen LogP contribution in [-0.4, -0.2) is 17.4 Å². The van der Waals surface area contributed by atoms with Crippen molar-refractivity contribution in [1.82, 2.24) is 10.3 Å². The monoisotopic (exact) mass is 264 g/mol. The molecule has 5 heteroatoms. The first-order valence-electron chi connectivity index (χ1n) is 5.60. The van der Waals surface area contributed by atoms with Crippen LogP contribution in [0.1, 0.15) is 20.2 Å². The number of nitrogens with zero attached hydrogens (tertiary/aromatic N) is 1. The van der Waals surface area contributed by atoms with Crippen molar-refractivity contribution >= 4 is 17.2 Å². The van der Waals surface area contributed by atoms with Gasteiger partial charge in [0.1, 0.15) is 5.82 Å². The normalized spacial score (nSPS) is 10.3. The summed E-state index contributed by atoms with van der Waals surface area (Å²) in [4.78, 5) is 17.1. The molecule has 0 aliphatic heterocycles. The lowest BCUT2D eigenvalue weighted by Crippen LogP contribution is -2.25. The minimum atomic E-state index is -0.404. The van der Waals surface area contributed by atoms with Crippen LogP contribution >= 0.6 is 11.3 Å². The summed E-state index contributed by atoms with van der Waals surface area (Å²) in [6.07, 6.45) is 2.51. The molecule has 2 rings (SSSR count). The molecular weight excluding hydrogens is 251 g/mol. The third kappa shape index (κ3) is 3.37. The molecule has 1 heterocycles. The number of benzene rings is 1. The summed E-state index contributed by atoms with van der Waals surface area (Å²) >= 11 is 1.62. The van der Waals surface area contributed by atoms with Crippen molar-refractivity contribution in [1.29, 1.82) is 0 Å². The SMILES string of the molecule is Cc1cnc(CCNC(=O)c2cccc(F)c2)s1. The van der Waals surface area contributed by atoms with Crippen LogP contribution in [0.3, 0.4) is 0 Å². The van der Waals surface area contributed by atoms with Crippen LogP contribution in [0.2, 0.25) is 0 Å². The van der Waals surface area contributed by atoms with E-state index in [0.717, 1.165) is 9.88 Å². The number of carbonyl (C=O) groups excluding carboxylic acids is 1. The van der Waals surface area contributed by atoms with Crippen LogP contribution in [0.15, 0.2) is 30.5 Å². The van der Waals surface area contributed by atoms with E-state index in [0.29, 0.717) is 18.5 Å². The summed E-state index contributed by atoms with van der Waals surface area (Å²) < 4.78 is 12.9. The number of aryl methyl sites for hydroxylation is 1. The van der Waals surface area contributed by atoms with Gasteiger partial charge in [0.2, 0.25) is 0 Å². The maximum atomic E-state index is 12.9. The van der Waals surface area contributed by atoms with E-state index in [2.05, 4.69) is 10.3 Å². The van der Waals surface area contributed by atoms with E-state index in [9.17, 15) is 9.18 Å². The van der Waals surface area contributed by atoms with E-state index in [1.165, 1.54) is 18.2 Å². The Balaban J connectivity index is 1.85. The molecule has 0 radical (unpaired) electrons. The topological polar surface area (TPSA) is 42.0 Å². The largest absolute Gasteiger partial charge is 0.352 e. The summed E-state index contributed by atoms with van der Waals surface area (Å²) in [6, 6.07) is 5.65. The molecule has 0 aliphatic rings. The number of nitrogens with one attached hydrogen (secondary N) is 1. The second kappa shape index (κ2) is 5.73. The molecule has 0 bridgehead atoms. The summed E-state index contributed by atoms with van der Waals surface area (Å²) in [5, 5.41) is 3.74. The molecule has 0 atom stereocenters. The average molecular weight is 264 g/mol. The van der Waals surface area contributed by atoms with Gasteiger partial charge in [0.25, 0.3) is 5.91 Å². The number of thiazole rings is 1. The van der Waals surface area contributed by atoms with Gasteiger partial charge in [-0.25, -0.2) is 9.37 Å². The van der Waals surface area contributed by atoms with Gasteiger partial charge < -0.3 is 5.32 Å². The Morgan fingerprint density at radius 2 is 2.33 bits per heavy atom. The van der Waals surface area contributed by atoms with Gasteiger partial charge in [0, 0.05) is 29.6 Å². The van der Waals surface area contributed by atoms with Crippen LogP contribution in [0.5, 0.6) is 0 Å². The Labute approximate surface area is 109 Å². The molecule has 0 fully saturated rings. The van der Waals surface area contributed by atoms with Gasteiger partial charge in [0.15, 0.2) is 0 Å². The summed E-state index contributed by atoms with van der Waals surface area (Å²) in [5.41, 5.74) is 0.338. The van der Waals surface area contributed by atoms with Crippen LogP contribution in [0.4, 0.5) is 4.39 Å².